The molecule has 0 aliphatic heterocycles. The first-order valence-electron chi connectivity index (χ1n) is 14.0. The van der Waals surface area contributed by atoms with Gasteiger partial charge < -0.3 is 10.2 Å². The van der Waals surface area contributed by atoms with Crippen LogP contribution in [0, 0.1) is 0 Å². The van der Waals surface area contributed by atoms with Crippen molar-refractivity contribution in [1.82, 2.24) is 10.2 Å². The van der Waals surface area contributed by atoms with Crippen molar-refractivity contribution in [1.29, 1.82) is 0 Å². The van der Waals surface area contributed by atoms with Crippen LogP contribution in [-0.2, 0) is 26.2 Å². The van der Waals surface area contributed by atoms with Crippen LogP contribution in [-0.4, -0.2) is 43.8 Å². The lowest BCUT2D eigenvalue weighted by atomic mass is 9.95. The topological polar surface area (TPSA) is 86.8 Å². The molecule has 1 atom stereocenters. The molecular formula is C31H34Cl3N3O4S. The Hall–Kier alpha value is -2.78. The number of amides is 2. The van der Waals surface area contributed by atoms with E-state index in [1.165, 1.54) is 23.1 Å². The summed E-state index contributed by atoms with van der Waals surface area (Å²) in [6.07, 6.45) is 5.33. The van der Waals surface area contributed by atoms with Gasteiger partial charge in [0, 0.05) is 17.6 Å². The van der Waals surface area contributed by atoms with Crippen molar-refractivity contribution < 1.29 is 18.0 Å². The fourth-order valence-electron chi connectivity index (χ4n) is 5.18. The van der Waals surface area contributed by atoms with Gasteiger partial charge in [-0.2, -0.15) is 0 Å². The minimum absolute atomic E-state index is 0.0240. The van der Waals surface area contributed by atoms with Gasteiger partial charge in [0.15, 0.2) is 0 Å². The summed E-state index contributed by atoms with van der Waals surface area (Å²) >= 11 is 18.6. The summed E-state index contributed by atoms with van der Waals surface area (Å²) in [5.74, 6) is -0.816. The van der Waals surface area contributed by atoms with E-state index < -0.39 is 28.5 Å². The second kappa shape index (κ2) is 14.6. The van der Waals surface area contributed by atoms with Crippen molar-refractivity contribution in [2.24, 2.45) is 0 Å². The summed E-state index contributed by atoms with van der Waals surface area (Å²) in [6.45, 7) is 1.31. The van der Waals surface area contributed by atoms with Crippen molar-refractivity contribution in [3.8, 4) is 0 Å². The minimum Gasteiger partial charge on any atom is -0.352 e. The molecule has 1 fully saturated rings. The second-order valence-corrected chi connectivity index (χ2v) is 13.5. The van der Waals surface area contributed by atoms with Crippen molar-refractivity contribution in [3.05, 3.63) is 93.4 Å². The number of carbonyl (C=O) groups excluding carboxylic acids is 2. The van der Waals surface area contributed by atoms with Crippen molar-refractivity contribution in [2.75, 3.05) is 10.8 Å². The van der Waals surface area contributed by atoms with Gasteiger partial charge in [0.2, 0.25) is 11.8 Å². The zero-order valence-electron chi connectivity index (χ0n) is 23.3. The Morgan fingerprint density at radius 2 is 1.62 bits per heavy atom. The van der Waals surface area contributed by atoms with Gasteiger partial charge >= 0.3 is 0 Å². The molecular weight excluding hydrogens is 617 g/mol. The molecule has 2 amide bonds. The number of rotatable bonds is 11. The fraction of sp³-hybridized carbons (Fsp3) is 0.355. The molecule has 1 unspecified atom stereocenters. The largest absolute Gasteiger partial charge is 0.352 e. The quantitative estimate of drug-likeness (QED) is 0.240. The second-order valence-electron chi connectivity index (χ2n) is 10.3. The zero-order valence-corrected chi connectivity index (χ0v) is 26.4. The third-order valence-electron chi connectivity index (χ3n) is 7.38. The van der Waals surface area contributed by atoms with Crippen LogP contribution in [0.3, 0.4) is 0 Å². The molecule has 1 N–H and O–H groups in total. The van der Waals surface area contributed by atoms with Gasteiger partial charge in [0.25, 0.3) is 10.0 Å². The lowest BCUT2D eigenvalue weighted by Gasteiger charge is -2.34. The van der Waals surface area contributed by atoms with Crippen LogP contribution in [0.5, 0.6) is 0 Å². The van der Waals surface area contributed by atoms with Gasteiger partial charge in [-0.1, -0.05) is 91.3 Å². The molecule has 0 aromatic heterocycles. The average Bonchev–Trinajstić information content (AvgIpc) is 2.98. The number of nitrogens with one attached hydrogen (secondary N) is 1. The molecule has 4 rings (SSSR count). The van der Waals surface area contributed by atoms with Crippen LogP contribution in [0.25, 0.3) is 0 Å². The Balaban J connectivity index is 1.71. The number of anilines is 1. The monoisotopic (exact) mass is 649 g/mol. The van der Waals surface area contributed by atoms with E-state index in [0.717, 1.165) is 36.4 Å². The summed E-state index contributed by atoms with van der Waals surface area (Å²) in [4.78, 5) is 29.3. The van der Waals surface area contributed by atoms with Crippen LogP contribution in [0.4, 0.5) is 5.69 Å². The molecule has 0 heterocycles. The van der Waals surface area contributed by atoms with E-state index in [9.17, 15) is 18.0 Å². The van der Waals surface area contributed by atoms with Crippen LogP contribution in [0.15, 0.2) is 77.7 Å². The molecule has 224 valence electrons. The first-order chi connectivity index (χ1) is 20.1. The summed E-state index contributed by atoms with van der Waals surface area (Å²) in [6, 6.07) is 18.4. The first kappa shape index (κ1) is 32.1. The summed E-state index contributed by atoms with van der Waals surface area (Å²) in [7, 11) is -4.17. The summed E-state index contributed by atoms with van der Waals surface area (Å²) in [5, 5.41) is 4.13. The molecule has 3 aromatic carbocycles. The van der Waals surface area contributed by atoms with Crippen LogP contribution in [0.1, 0.15) is 51.0 Å². The Labute approximate surface area is 262 Å². The van der Waals surface area contributed by atoms with Gasteiger partial charge in [0.05, 0.1) is 20.6 Å². The summed E-state index contributed by atoms with van der Waals surface area (Å²) < 4.78 is 28.8. The number of hydrogen-bond donors (Lipinski definition) is 1. The fourth-order valence-corrected chi connectivity index (χ4v) is 7.11. The average molecular weight is 651 g/mol. The highest BCUT2D eigenvalue weighted by Gasteiger charge is 2.34. The zero-order chi connectivity index (χ0) is 30.3. The Kier molecular flexibility index (Phi) is 11.2. The summed E-state index contributed by atoms with van der Waals surface area (Å²) in [5.41, 5.74) is 0.885. The van der Waals surface area contributed by atoms with E-state index in [1.807, 2.05) is 6.92 Å². The number of halogens is 3. The number of nitrogens with zero attached hydrogens (tertiary/aromatic N) is 2. The Morgan fingerprint density at radius 1 is 0.905 bits per heavy atom. The van der Waals surface area contributed by atoms with E-state index >= 15 is 0 Å². The molecule has 1 aliphatic rings. The number of sulfonamides is 1. The first-order valence-corrected chi connectivity index (χ1v) is 16.5. The predicted molar refractivity (Wildman–Crippen MR) is 169 cm³/mol. The third kappa shape index (κ3) is 7.98. The van der Waals surface area contributed by atoms with Gasteiger partial charge in [0.1, 0.15) is 12.6 Å². The van der Waals surface area contributed by atoms with Crippen LogP contribution in [0.2, 0.25) is 15.1 Å². The normalized spacial score (nSPS) is 14.7. The van der Waals surface area contributed by atoms with Crippen molar-refractivity contribution >= 4 is 62.3 Å². The molecule has 1 saturated carbocycles. The highest BCUT2D eigenvalue weighted by atomic mass is 35.5. The van der Waals surface area contributed by atoms with E-state index in [0.29, 0.717) is 27.1 Å². The van der Waals surface area contributed by atoms with E-state index in [-0.39, 0.29) is 29.1 Å². The molecule has 11 heteroatoms. The molecule has 3 aromatic rings. The molecule has 1 aliphatic carbocycles. The van der Waals surface area contributed by atoms with Gasteiger partial charge in [-0.05, 0) is 67.3 Å². The highest BCUT2D eigenvalue weighted by molar-refractivity contribution is 7.92. The standard InChI is InChI=1S/C31H34Cl3N3O4S/c1-2-29(31(39)35-24-11-5-3-6-12-24)36(20-22-16-17-27(33)28(34)18-22)30(38)21-37(25-13-9-10-23(32)19-25)42(40,41)26-14-7-4-8-15-26/h4,7-10,13-19,24,29H,2-3,5-6,11-12,20-21H2,1H3,(H,35,39). The minimum atomic E-state index is -4.17. The molecule has 42 heavy (non-hydrogen) atoms. The Morgan fingerprint density at radius 3 is 2.26 bits per heavy atom. The molecule has 0 bridgehead atoms. The van der Waals surface area contributed by atoms with Crippen molar-refractivity contribution in [3.63, 3.8) is 0 Å². The molecule has 7 nitrogen and oxygen atoms in total. The lowest BCUT2D eigenvalue weighted by Crippen LogP contribution is -2.54. The van der Waals surface area contributed by atoms with Gasteiger partial charge in [-0.3, -0.25) is 13.9 Å². The van der Waals surface area contributed by atoms with E-state index in [4.69, 9.17) is 34.8 Å². The molecule has 0 saturated heterocycles. The highest BCUT2D eigenvalue weighted by Crippen LogP contribution is 2.28. The third-order valence-corrected chi connectivity index (χ3v) is 10.1. The van der Waals surface area contributed by atoms with Gasteiger partial charge in [-0.25, -0.2) is 8.42 Å². The Bertz CT molecular complexity index is 1500. The number of carbonyl (C=O) groups is 2. The molecule has 0 spiro atoms. The number of benzene rings is 3. The maximum absolute atomic E-state index is 14.2. The lowest BCUT2D eigenvalue weighted by molar-refractivity contribution is -0.140. The van der Waals surface area contributed by atoms with E-state index in [1.54, 1.807) is 54.6 Å². The predicted octanol–water partition coefficient (Wildman–Crippen LogP) is 7.10. The maximum Gasteiger partial charge on any atom is 0.264 e. The van der Waals surface area contributed by atoms with E-state index in [2.05, 4.69) is 5.32 Å². The van der Waals surface area contributed by atoms with Crippen LogP contribution < -0.4 is 9.62 Å². The maximum atomic E-state index is 14.2. The SMILES string of the molecule is CCC(C(=O)NC1CCCCC1)N(Cc1ccc(Cl)c(Cl)c1)C(=O)CN(c1cccc(Cl)c1)S(=O)(=O)c1ccccc1. The smallest absolute Gasteiger partial charge is 0.264 e. The van der Waals surface area contributed by atoms with Crippen molar-refractivity contribution in [2.45, 2.75) is 69.0 Å². The molecule has 0 radical (unpaired) electrons. The van der Waals surface area contributed by atoms with Gasteiger partial charge in [-0.15, -0.1) is 0 Å². The number of hydrogen-bond acceptors (Lipinski definition) is 4. The van der Waals surface area contributed by atoms with Crippen LogP contribution >= 0.6 is 34.8 Å².